The van der Waals surface area contributed by atoms with E-state index in [0.29, 0.717) is 17.4 Å². The summed E-state index contributed by atoms with van der Waals surface area (Å²) < 4.78 is 32.0. The zero-order valence-corrected chi connectivity index (χ0v) is 13.5. The van der Waals surface area contributed by atoms with Crippen LogP contribution in [-0.2, 0) is 14.8 Å². The normalized spacial score (nSPS) is 12.3. The maximum atomic E-state index is 12.0. The monoisotopic (exact) mass is 391 g/mol. The molecule has 1 aromatic heterocycles. The summed E-state index contributed by atoms with van der Waals surface area (Å²) in [6.45, 7) is 0.718. The van der Waals surface area contributed by atoms with Gasteiger partial charge in [-0.1, -0.05) is 0 Å². The third-order valence-electron chi connectivity index (χ3n) is 1.90. The molecule has 0 aliphatic rings. The van der Waals surface area contributed by atoms with Crippen molar-refractivity contribution in [2.75, 3.05) is 27.3 Å². The van der Waals surface area contributed by atoms with E-state index in [2.05, 4.69) is 31.9 Å². The first-order valence-corrected chi connectivity index (χ1v) is 8.14. The molecule has 1 aromatic rings. The van der Waals surface area contributed by atoms with Gasteiger partial charge in [0.25, 0.3) is 10.0 Å². The fraction of sp³-hybridized carbons (Fsp3) is 0.500. The summed E-state index contributed by atoms with van der Waals surface area (Å²) in [7, 11) is -0.323. The molecule has 0 saturated carbocycles. The highest BCUT2D eigenvalue weighted by atomic mass is 79.9. The fourth-order valence-electron chi connectivity index (χ4n) is 0.947. The Balaban J connectivity index is 2.93. The first-order chi connectivity index (χ1) is 7.39. The van der Waals surface area contributed by atoms with Crippen LogP contribution in [0.5, 0.6) is 0 Å². The molecule has 0 unspecified atom stereocenters. The Bertz CT molecular complexity index is 438. The summed E-state index contributed by atoms with van der Waals surface area (Å²) in [5, 5.41) is 0. The second kappa shape index (κ2) is 5.92. The van der Waals surface area contributed by atoms with Crippen molar-refractivity contribution in [3.8, 4) is 0 Å². The van der Waals surface area contributed by atoms with Crippen molar-refractivity contribution >= 4 is 53.2 Å². The topological polar surface area (TPSA) is 46.6 Å². The Morgan fingerprint density at radius 3 is 2.56 bits per heavy atom. The minimum atomic E-state index is -3.40. The molecular weight excluding hydrogens is 382 g/mol. The smallest absolute Gasteiger partial charge is 0.252 e. The van der Waals surface area contributed by atoms with Crippen LogP contribution in [0.25, 0.3) is 0 Å². The molecule has 1 heterocycles. The molecule has 0 fully saturated rings. The van der Waals surface area contributed by atoms with E-state index in [0.717, 1.165) is 8.26 Å². The summed E-state index contributed by atoms with van der Waals surface area (Å²) >= 11 is 7.72. The maximum Gasteiger partial charge on any atom is 0.252 e. The summed E-state index contributed by atoms with van der Waals surface area (Å²) in [5.41, 5.74) is 0. The fourth-order valence-corrected chi connectivity index (χ4v) is 5.13. The average molecular weight is 393 g/mol. The van der Waals surface area contributed by atoms with Gasteiger partial charge in [-0.25, -0.2) is 8.42 Å². The van der Waals surface area contributed by atoms with Gasteiger partial charge in [0.05, 0.1) is 10.4 Å². The van der Waals surface area contributed by atoms with E-state index >= 15 is 0 Å². The highest BCUT2D eigenvalue weighted by Crippen LogP contribution is 2.35. The molecule has 0 aromatic carbocycles. The molecule has 0 N–H and O–H groups in total. The van der Waals surface area contributed by atoms with Gasteiger partial charge in [-0.2, -0.15) is 4.31 Å². The quantitative estimate of drug-likeness (QED) is 0.773. The number of nitrogens with zero attached hydrogens (tertiary/aromatic N) is 1. The molecule has 8 heteroatoms. The van der Waals surface area contributed by atoms with Gasteiger partial charge in [0.2, 0.25) is 0 Å². The van der Waals surface area contributed by atoms with Gasteiger partial charge in [0.1, 0.15) is 4.21 Å². The van der Waals surface area contributed by atoms with Gasteiger partial charge >= 0.3 is 0 Å². The summed E-state index contributed by atoms with van der Waals surface area (Å²) in [4.78, 5) is 0. The van der Waals surface area contributed by atoms with E-state index in [-0.39, 0.29) is 0 Å². The molecule has 0 aliphatic carbocycles. The highest BCUT2D eigenvalue weighted by Gasteiger charge is 2.23. The van der Waals surface area contributed by atoms with Crippen LogP contribution in [0, 0.1) is 0 Å². The van der Waals surface area contributed by atoms with Crippen molar-refractivity contribution in [2.45, 2.75) is 4.21 Å². The molecule has 0 saturated heterocycles. The number of likely N-dealkylation sites (N-methyl/N-ethyl adjacent to an activating group) is 1. The minimum Gasteiger partial charge on any atom is -0.383 e. The molecule has 1 rings (SSSR count). The van der Waals surface area contributed by atoms with Crippen LogP contribution in [0.3, 0.4) is 0 Å². The SMILES string of the molecule is COCCN(C)S(=O)(=O)c1cc(Br)c(Br)s1. The second-order valence-corrected chi connectivity index (χ2v) is 8.50. The largest absolute Gasteiger partial charge is 0.383 e. The lowest BCUT2D eigenvalue weighted by molar-refractivity contribution is 0.185. The number of hydrogen-bond acceptors (Lipinski definition) is 4. The number of halogens is 2. The number of rotatable bonds is 5. The predicted octanol–water partition coefficient (Wildman–Crippen LogP) is 2.54. The van der Waals surface area contributed by atoms with Crippen molar-refractivity contribution < 1.29 is 13.2 Å². The molecule has 92 valence electrons. The first-order valence-electron chi connectivity index (χ1n) is 4.29. The van der Waals surface area contributed by atoms with E-state index in [1.165, 1.54) is 22.7 Å². The lowest BCUT2D eigenvalue weighted by atomic mass is 10.7. The number of ether oxygens (including phenoxy) is 1. The number of hydrogen-bond donors (Lipinski definition) is 0. The summed E-state index contributed by atoms with van der Waals surface area (Å²) in [5.74, 6) is 0. The van der Waals surface area contributed by atoms with E-state index in [4.69, 9.17) is 4.74 Å². The van der Waals surface area contributed by atoms with Crippen LogP contribution in [0.2, 0.25) is 0 Å². The van der Waals surface area contributed by atoms with Crippen LogP contribution >= 0.6 is 43.2 Å². The predicted molar refractivity (Wildman–Crippen MR) is 71.4 cm³/mol. The zero-order chi connectivity index (χ0) is 12.3. The maximum absolute atomic E-state index is 12.0. The van der Waals surface area contributed by atoms with Gasteiger partial charge in [-0.3, -0.25) is 0 Å². The van der Waals surface area contributed by atoms with E-state index in [1.807, 2.05) is 0 Å². The average Bonchev–Trinajstić information content (AvgIpc) is 2.56. The van der Waals surface area contributed by atoms with Crippen molar-refractivity contribution in [3.63, 3.8) is 0 Å². The van der Waals surface area contributed by atoms with E-state index < -0.39 is 10.0 Å². The van der Waals surface area contributed by atoms with Crippen molar-refractivity contribution in [1.29, 1.82) is 0 Å². The lowest BCUT2D eigenvalue weighted by Crippen LogP contribution is -2.29. The molecule has 0 bridgehead atoms. The van der Waals surface area contributed by atoms with Crippen molar-refractivity contribution in [3.05, 3.63) is 14.3 Å². The van der Waals surface area contributed by atoms with Crippen LogP contribution in [0.4, 0.5) is 0 Å². The van der Waals surface area contributed by atoms with Crippen LogP contribution in [0.1, 0.15) is 0 Å². The Kier molecular flexibility index (Phi) is 5.40. The third kappa shape index (κ3) is 3.27. The third-order valence-corrected chi connectivity index (χ3v) is 7.46. The number of methoxy groups -OCH3 is 1. The number of sulfonamides is 1. The van der Waals surface area contributed by atoms with Crippen LogP contribution in [-0.4, -0.2) is 40.0 Å². The molecule has 4 nitrogen and oxygen atoms in total. The van der Waals surface area contributed by atoms with Crippen molar-refractivity contribution in [2.24, 2.45) is 0 Å². The molecule has 16 heavy (non-hydrogen) atoms. The number of thiophene rings is 1. The zero-order valence-electron chi connectivity index (χ0n) is 8.74. The van der Waals surface area contributed by atoms with Gasteiger partial charge < -0.3 is 4.74 Å². The standard InChI is InChI=1S/C8H11Br2NO3S2/c1-11(3-4-14-2)16(12,13)7-5-6(9)8(10)15-7/h5H,3-4H2,1-2H3. The van der Waals surface area contributed by atoms with Gasteiger partial charge in [0, 0.05) is 25.2 Å². The second-order valence-electron chi connectivity index (χ2n) is 3.01. The molecule has 0 spiro atoms. The molecular formula is C8H11Br2NO3S2. The Morgan fingerprint density at radius 2 is 2.12 bits per heavy atom. The molecule has 0 radical (unpaired) electrons. The Morgan fingerprint density at radius 1 is 1.50 bits per heavy atom. The van der Waals surface area contributed by atoms with E-state index in [9.17, 15) is 8.42 Å². The molecule has 0 aliphatic heterocycles. The van der Waals surface area contributed by atoms with Gasteiger partial charge in [-0.05, 0) is 37.9 Å². The summed E-state index contributed by atoms with van der Waals surface area (Å²) in [6, 6.07) is 1.59. The Labute approximate surface area is 116 Å². The molecule has 0 atom stereocenters. The Hall–Kier alpha value is 0.530. The van der Waals surface area contributed by atoms with Gasteiger partial charge in [0.15, 0.2) is 0 Å². The van der Waals surface area contributed by atoms with Gasteiger partial charge in [-0.15, -0.1) is 11.3 Å². The first kappa shape index (κ1) is 14.6. The van der Waals surface area contributed by atoms with Crippen LogP contribution < -0.4 is 0 Å². The molecule has 0 amide bonds. The van der Waals surface area contributed by atoms with Crippen LogP contribution in [0.15, 0.2) is 18.5 Å². The lowest BCUT2D eigenvalue weighted by Gasteiger charge is -2.14. The van der Waals surface area contributed by atoms with Crippen molar-refractivity contribution in [1.82, 2.24) is 4.31 Å². The minimum absolute atomic E-state index is 0.310. The highest BCUT2D eigenvalue weighted by molar-refractivity contribution is 9.13. The van der Waals surface area contributed by atoms with E-state index in [1.54, 1.807) is 13.2 Å². The summed E-state index contributed by atoms with van der Waals surface area (Å²) in [6.07, 6.45) is 0.